The topological polar surface area (TPSA) is 66.4 Å². The van der Waals surface area contributed by atoms with E-state index in [0.29, 0.717) is 10.9 Å². The van der Waals surface area contributed by atoms with E-state index in [1.54, 1.807) is 0 Å². The highest BCUT2D eigenvalue weighted by Crippen LogP contribution is 2.39. The van der Waals surface area contributed by atoms with Crippen LogP contribution < -0.4 is 5.32 Å². The largest absolute Gasteiger partial charge is 0.481 e. The summed E-state index contributed by atoms with van der Waals surface area (Å²) < 4.78 is 14.0. The van der Waals surface area contributed by atoms with Crippen molar-refractivity contribution < 1.29 is 19.1 Å². The molecule has 0 bridgehead atoms. The number of amides is 1. The zero-order valence-corrected chi connectivity index (χ0v) is 10.2. The molecule has 1 aliphatic carbocycles. The Morgan fingerprint density at radius 2 is 2.12 bits per heavy atom. The first-order chi connectivity index (χ1) is 7.99. The van der Waals surface area contributed by atoms with Gasteiger partial charge in [0.05, 0.1) is 17.5 Å². The fourth-order valence-electron chi connectivity index (χ4n) is 1.58. The Kier molecular flexibility index (Phi) is 3.15. The van der Waals surface area contributed by atoms with Crippen LogP contribution in [0.3, 0.4) is 0 Å². The number of halogens is 2. The molecule has 1 saturated carbocycles. The summed E-state index contributed by atoms with van der Waals surface area (Å²) in [6.07, 6.45) is 0.316. The van der Waals surface area contributed by atoms with E-state index in [2.05, 4.69) is 21.2 Å². The molecule has 2 rings (SSSR count). The van der Waals surface area contributed by atoms with Crippen LogP contribution in [0.1, 0.15) is 6.42 Å². The van der Waals surface area contributed by atoms with Crippen LogP contribution in [0.15, 0.2) is 22.7 Å². The van der Waals surface area contributed by atoms with Crippen LogP contribution in [-0.2, 0) is 9.59 Å². The zero-order chi connectivity index (χ0) is 12.6. The Bertz CT molecular complexity index is 492. The zero-order valence-electron chi connectivity index (χ0n) is 8.61. The van der Waals surface area contributed by atoms with Crippen molar-refractivity contribution in [2.75, 3.05) is 5.32 Å². The number of carboxylic acids is 1. The third-order valence-corrected chi connectivity index (χ3v) is 3.12. The molecule has 6 heteroatoms. The molecule has 0 aromatic heterocycles. The molecular formula is C11H9BrFNO3. The smallest absolute Gasteiger partial charge is 0.307 e. The van der Waals surface area contributed by atoms with Crippen LogP contribution in [0.2, 0.25) is 0 Å². The molecule has 2 N–H and O–H groups in total. The number of rotatable bonds is 3. The van der Waals surface area contributed by atoms with E-state index in [-0.39, 0.29) is 5.69 Å². The second-order valence-corrected chi connectivity index (χ2v) is 4.82. The van der Waals surface area contributed by atoms with Crippen LogP contribution in [0.5, 0.6) is 0 Å². The first-order valence-corrected chi connectivity index (χ1v) is 5.77. The van der Waals surface area contributed by atoms with E-state index in [1.165, 1.54) is 18.2 Å². The summed E-state index contributed by atoms with van der Waals surface area (Å²) in [4.78, 5) is 22.2. The number of carboxylic acid groups (broad SMARTS) is 1. The number of anilines is 1. The Morgan fingerprint density at radius 1 is 1.41 bits per heavy atom. The molecule has 0 spiro atoms. The minimum atomic E-state index is -0.986. The van der Waals surface area contributed by atoms with Gasteiger partial charge in [-0.05, 0) is 24.6 Å². The second kappa shape index (κ2) is 4.44. The third-order valence-electron chi connectivity index (χ3n) is 2.63. The van der Waals surface area contributed by atoms with Crippen molar-refractivity contribution in [3.05, 3.63) is 28.5 Å². The fourth-order valence-corrected chi connectivity index (χ4v) is 1.94. The van der Waals surface area contributed by atoms with Gasteiger partial charge in [0.2, 0.25) is 5.91 Å². The van der Waals surface area contributed by atoms with E-state index >= 15 is 0 Å². The number of benzene rings is 1. The van der Waals surface area contributed by atoms with Crippen molar-refractivity contribution in [2.24, 2.45) is 11.8 Å². The van der Waals surface area contributed by atoms with Crippen molar-refractivity contribution in [3.63, 3.8) is 0 Å². The van der Waals surface area contributed by atoms with Crippen molar-refractivity contribution in [3.8, 4) is 0 Å². The van der Waals surface area contributed by atoms with Gasteiger partial charge in [0.15, 0.2) is 0 Å². The molecule has 1 aromatic rings. The molecule has 0 saturated heterocycles. The van der Waals surface area contributed by atoms with Crippen LogP contribution in [0, 0.1) is 17.7 Å². The Balaban J connectivity index is 2.04. The predicted octanol–water partition coefficient (Wildman–Crippen LogP) is 2.25. The summed E-state index contributed by atoms with van der Waals surface area (Å²) in [5, 5.41) is 11.1. The second-order valence-electron chi connectivity index (χ2n) is 3.90. The molecule has 90 valence electrons. The van der Waals surface area contributed by atoms with Gasteiger partial charge in [0, 0.05) is 4.47 Å². The van der Waals surface area contributed by atoms with Crippen LogP contribution >= 0.6 is 15.9 Å². The van der Waals surface area contributed by atoms with Gasteiger partial charge in [0.25, 0.3) is 0 Å². The first-order valence-electron chi connectivity index (χ1n) is 4.98. The lowest BCUT2D eigenvalue weighted by Crippen LogP contribution is -2.17. The van der Waals surface area contributed by atoms with E-state index in [9.17, 15) is 14.0 Å². The van der Waals surface area contributed by atoms with Crippen molar-refractivity contribution in [2.45, 2.75) is 6.42 Å². The predicted molar refractivity (Wildman–Crippen MR) is 62.0 cm³/mol. The number of hydrogen-bond donors (Lipinski definition) is 2. The molecule has 0 unspecified atom stereocenters. The summed E-state index contributed by atoms with van der Waals surface area (Å²) in [7, 11) is 0. The average molecular weight is 302 g/mol. The van der Waals surface area contributed by atoms with E-state index in [4.69, 9.17) is 5.11 Å². The number of hydrogen-bond acceptors (Lipinski definition) is 2. The van der Waals surface area contributed by atoms with Crippen molar-refractivity contribution >= 4 is 33.5 Å². The first kappa shape index (κ1) is 12.0. The van der Waals surface area contributed by atoms with Gasteiger partial charge in [0.1, 0.15) is 5.82 Å². The number of carbonyl (C=O) groups is 2. The van der Waals surface area contributed by atoms with Gasteiger partial charge in [-0.1, -0.05) is 15.9 Å². The maximum Gasteiger partial charge on any atom is 0.307 e. The van der Waals surface area contributed by atoms with E-state index < -0.39 is 29.5 Å². The molecule has 1 aliphatic rings. The van der Waals surface area contributed by atoms with Crippen LogP contribution in [0.4, 0.5) is 10.1 Å². The SMILES string of the molecule is O=C(O)[C@H]1C[C@H]1C(=O)Nc1cc(Br)ccc1F. The summed E-state index contributed by atoms with van der Waals surface area (Å²) in [5.74, 6) is -3.17. The summed E-state index contributed by atoms with van der Waals surface area (Å²) >= 11 is 3.16. The molecule has 1 amide bonds. The Hall–Kier alpha value is -1.43. The minimum Gasteiger partial charge on any atom is -0.481 e. The minimum absolute atomic E-state index is 0.0559. The van der Waals surface area contributed by atoms with Crippen LogP contribution in [0.25, 0.3) is 0 Å². The lowest BCUT2D eigenvalue weighted by Gasteiger charge is -2.06. The molecule has 0 radical (unpaired) electrons. The highest BCUT2D eigenvalue weighted by Gasteiger charge is 2.48. The molecule has 0 heterocycles. The average Bonchev–Trinajstić information content (AvgIpc) is 3.03. The number of nitrogens with one attached hydrogen (secondary N) is 1. The van der Waals surface area contributed by atoms with Crippen LogP contribution in [-0.4, -0.2) is 17.0 Å². The standard InChI is InChI=1S/C11H9BrFNO3/c12-5-1-2-8(13)9(3-5)14-10(15)6-4-7(6)11(16)17/h1-3,6-7H,4H2,(H,14,15)(H,16,17)/t6-,7+/m1/s1. The fraction of sp³-hybridized carbons (Fsp3) is 0.273. The maximum absolute atomic E-state index is 13.3. The molecular weight excluding hydrogens is 293 g/mol. The summed E-state index contributed by atoms with van der Waals surface area (Å²) in [6.45, 7) is 0. The monoisotopic (exact) mass is 301 g/mol. The quantitative estimate of drug-likeness (QED) is 0.900. The molecule has 17 heavy (non-hydrogen) atoms. The van der Waals surface area contributed by atoms with Gasteiger partial charge in [-0.3, -0.25) is 9.59 Å². The lowest BCUT2D eigenvalue weighted by molar-refractivity contribution is -0.139. The number of carbonyl (C=O) groups excluding carboxylic acids is 1. The summed E-state index contributed by atoms with van der Waals surface area (Å²) in [5.41, 5.74) is 0.0559. The highest BCUT2D eigenvalue weighted by molar-refractivity contribution is 9.10. The maximum atomic E-state index is 13.3. The third kappa shape index (κ3) is 2.63. The normalized spacial score (nSPS) is 22.0. The molecule has 1 aromatic carbocycles. The lowest BCUT2D eigenvalue weighted by atomic mass is 10.2. The molecule has 1 fully saturated rings. The van der Waals surface area contributed by atoms with Gasteiger partial charge in [-0.2, -0.15) is 0 Å². The Labute approximate surface area is 105 Å². The van der Waals surface area contributed by atoms with Crippen molar-refractivity contribution in [1.82, 2.24) is 0 Å². The molecule has 0 aliphatic heterocycles. The summed E-state index contributed by atoms with van der Waals surface area (Å²) in [6, 6.07) is 4.18. The Morgan fingerprint density at radius 3 is 2.71 bits per heavy atom. The van der Waals surface area contributed by atoms with E-state index in [1.807, 2.05) is 0 Å². The molecule has 4 nitrogen and oxygen atoms in total. The number of aliphatic carboxylic acids is 1. The van der Waals surface area contributed by atoms with E-state index in [0.717, 1.165) is 0 Å². The van der Waals surface area contributed by atoms with Crippen molar-refractivity contribution in [1.29, 1.82) is 0 Å². The molecule has 2 atom stereocenters. The van der Waals surface area contributed by atoms with Gasteiger partial charge in [-0.15, -0.1) is 0 Å². The van der Waals surface area contributed by atoms with Gasteiger partial charge < -0.3 is 10.4 Å². The van der Waals surface area contributed by atoms with Gasteiger partial charge in [-0.25, -0.2) is 4.39 Å². The van der Waals surface area contributed by atoms with Gasteiger partial charge >= 0.3 is 5.97 Å². The highest BCUT2D eigenvalue weighted by atomic mass is 79.9.